The first-order valence-electron chi connectivity index (χ1n) is 5.90. The zero-order valence-electron chi connectivity index (χ0n) is 10.6. The molecular formula is C13H20O5. The van der Waals surface area contributed by atoms with Crippen LogP contribution in [0, 0.1) is 0 Å². The molecule has 0 radical (unpaired) electrons. The van der Waals surface area contributed by atoms with Crippen LogP contribution in [0.3, 0.4) is 0 Å². The maximum atomic E-state index is 8.48. The van der Waals surface area contributed by atoms with Gasteiger partial charge in [-0.05, 0) is 24.3 Å². The SMILES string of the molecule is COc1ccc(OCCOCCOCCO)cc1. The summed E-state index contributed by atoms with van der Waals surface area (Å²) in [5.74, 6) is 1.59. The number of ether oxygens (including phenoxy) is 4. The van der Waals surface area contributed by atoms with Crippen molar-refractivity contribution in [2.45, 2.75) is 0 Å². The van der Waals surface area contributed by atoms with Crippen LogP contribution in [0.2, 0.25) is 0 Å². The maximum Gasteiger partial charge on any atom is 0.119 e. The number of methoxy groups -OCH3 is 1. The average Bonchev–Trinajstić information content (AvgIpc) is 2.42. The number of benzene rings is 1. The molecule has 5 nitrogen and oxygen atoms in total. The molecule has 0 unspecified atom stereocenters. The third-order valence-electron chi connectivity index (χ3n) is 2.16. The molecule has 5 heteroatoms. The normalized spacial score (nSPS) is 10.3. The Labute approximate surface area is 107 Å². The molecule has 0 atom stereocenters. The Hall–Kier alpha value is -1.30. The van der Waals surface area contributed by atoms with Crippen LogP contribution < -0.4 is 9.47 Å². The molecule has 1 aromatic carbocycles. The highest BCUT2D eigenvalue weighted by molar-refractivity contribution is 5.31. The topological polar surface area (TPSA) is 57.2 Å². The second kappa shape index (κ2) is 9.70. The van der Waals surface area contributed by atoms with Gasteiger partial charge in [0.2, 0.25) is 0 Å². The minimum absolute atomic E-state index is 0.0422. The summed E-state index contributed by atoms with van der Waals surface area (Å²) < 4.78 is 20.9. The summed E-state index contributed by atoms with van der Waals surface area (Å²) in [6.07, 6.45) is 0. The van der Waals surface area contributed by atoms with E-state index in [0.717, 1.165) is 11.5 Å². The summed E-state index contributed by atoms with van der Waals surface area (Å²) in [6, 6.07) is 7.39. The summed E-state index contributed by atoms with van der Waals surface area (Å²) in [5.41, 5.74) is 0. The van der Waals surface area contributed by atoms with Gasteiger partial charge in [-0.25, -0.2) is 0 Å². The first-order chi connectivity index (χ1) is 8.86. The molecule has 102 valence electrons. The zero-order valence-corrected chi connectivity index (χ0v) is 10.6. The van der Waals surface area contributed by atoms with Crippen LogP contribution in [0.25, 0.3) is 0 Å². The summed E-state index contributed by atoms with van der Waals surface area (Å²) in [6.45, 7) is 2.39. The van der Waals surface area contributed by atoms with E-state index in [0.29, 0.717) is 33.0 Å². The minimum Gasteiger partial charge on any atom is -0.497 e. The zero-order chi connectivity index (χ0) is 13.1. The molecular weight excluding hydrogens is 236 g/mol. The van der Waals surface area contributed by atoms with E-state index < -0.39 is 0 Å². The van der Waals surface area contributed by atoms with Crippen LogP contribution in [0.1, 0.15) is 0 Å². The van der Waals surface area contributed by atoms with Crippen LogP contribution in [0.4, 0.5) is 0 Å². The van der Waals surface area contributed by atoms with Crippen LogP contribution in [-0.4, -0.2) is 51.9 Å². The van der Waals surface area contributed by atoms with E-state index in [4.69, 9.17) is 24.1 Å². The molecule has 0 fully saturated rings. The maximum absolute atomic E-state index is 8.48. The summed E-state index contributed by atoms with van der Waals surface area (Å²) in [7, 11) is 1.63. The fourth-order valence-corrected chi connectivity index (χ4v) is 1.28. The first-order valence-corrected chi connectivity index (χ1v) is 5.90. The Bertz CT molecular complexity index is 299. The predicted molar refractivity (Wildman–Crippen MR) is 67.2 cm³/mol. The molecule has 0 amide bonds. The lowest BCUT2D eigenvalue weighted by Gasteiger charge is -2.08. The molecule has 0 spiro atoms. The van der Waals surface area contributed by atoms with Crippen molar-refractivity contribution in [1.82, 2.24) is 0 Å². The third kappa shape index (κ3) is 6.44. The van der Waals surface area contributed by atoms with Crippen molar-refractivity contribution in [3.05, 3.63) is 24.3 Å². The highest BCUT2D eigenvalue weighted by Crippen LogP contribution is 2.16. The van der Waals surface area contributed by atoms with Gasteiger partial charge in [0.05, 0.1) is 40.1 Å². The van der Waals surface area contributed by atoms with E-state index in [-0.39, 0.29) is 6.61 Å². The molecule has 1 rings (SSSR count). The second-order valence-electron chi connectivity index (χ2n) is 3.47. The Kier molecular flexibility index (Phi) is 7.96. The lowest BCUT2D eigenvalue weighted by molar-refractivity contribution is 0.0247. The molecule has 0 aromatic heterocycles. The lowest BCUT2D eigenvalue weighted by Crippen LogP contribution is -2.11. The van der Waals surface area contributed by atoms with Crippen molar-refractivity contribution >= 4 is 0 Å². The first kappa shape index (κ1) is 14.8. The van der Waals surface area contributed by atoms with Gasteiger partial charge in [-0.15, -0.1) is 0 Å². The van der Waals surface area contributed by atoms with Gasteiger partial charge in [-0.1, -0.05) is 0 Å². The van der Waals surface area contributed by atoms with Crippen LogP contribution in [0.15, 0.2) is 24.3 Å². The van der Waals surface area contributed by atoms with Crippen molar-refractivity contribution in [2.24, 2.45) is 0 Å². The van der Waals surface area contributed by atoms with Gasteiger partial charge in [-0.2, -0.15) is 0 Å². The summed E-state index contributed by atoms with van der Waals surface area (Å²) in [4.78, 5) is 0. The molecule has 0 heterocycles. The molecule has 0 saturated carbocycles. The van der Waals surface area contributed by atoms with Gasteiger partial charge in [0, 0.05) is 0 Å². The molecule has 0 aliphatic heterocycles. The lowest BCUT2D eigenvalue weighted by atomic mass is 10.3. The largest absolute Gasteiger partial charge is 0.497 e. The van der Waals surface area contributed by atoms with Gasteiger partial charge in [0.15, 0.2) is 0 Å². The van der Waals surface area contributed by atoms with Crippen molar-refractivity contribution in [1.29, 1.82) is 0 Å². The van der Waals surface area contributed by atoms with E-state index in [9.17, 15) is 0 Å². The van der Waals surface area contributed by atoms with Gasteiger partial charge in [-0.3, -0.25) is 0 Å². The molecule has 0 bridgehead atoms. The molecule has 0 aliphatic carbocycles. The Morgan fingerprint density at radius 3 is 2.00 bits per heavy atom. The number of aliphatic hydroxyl groups excluding tert-OH is 1. The summed E-state index contributed by atoms with van der Waals surface area (Å²) in [5, 5.41) is 8.48. The van der Waals surface area contributed by atoms with Gasteiger partial charge < -0.3 is 24.1 Å². The van der Waals surface area contributed by atoms with Crippen molar-refractivity contribution < 1.29 is 24.1 Å². The summed E-state index contributed by atoms with van der Waals surface area (Å²) >= 11 is 0. The average molecular weight is 256 g/mol. The number of rotatable bonds is 10. The number of aliphatic hydroxyl groups is 1. The molecule has 1 aromatic rings. The predicted octanol–water partition coefficient (Wildman–Crippen LogP) is 1.10. The third-order valence-corrected chi connectivity index (χ3v) is 2.16. The van der Waals surface area contributed by atoms with Gasteiger partial charge in [0.1, 0.15) is 18.1 Å². The molecule has 0 saturated heterocycles. The molecule has 1 N–H and O–H groups in total. The highest BCUT2D eigenvalue weighted by atomic mass is 16.5. The van der Waals surface area contributed by atoms with Crippen LogP contribution in [0.5, 0.6) is 11.5 Å². The Balaban J connectivity index is 2.00. The fraction of sp³-hybridized carbons (Fsp3) is 0.538. The van der Waals surface area contributed by atoms with Crippen molar-refractivity contribution in [2.75, 3.05) is 46.8 Å². The Morgan fingerprint density at radius 2 is 1.39 bits per heavy atom. The standard InChI is InChI=1S/C13H20O5/c1-15-12-2-4-13(5-3-12)18-11-10-17-9-8-16-7-6-14/h2-5,14H,6-11H2,1H3. The minimum atomic E-state index is 0.0422. The van der Waals surface area contributed by atoms with Crippen LogP contribution in [-0.2, 0) is 9.47 Å². The van der Waals surface area contributed by atoms with Crippen LogP contribution >= 0.6 is 0 Å². The van der Waals surface area contributed by atoms with E-state index in [1.807, 2.05) is 24.3 Å². The quantitative estimate of drug-likeness (QED) is 0.635. The monoisotopic (exact) mass is 256 g/mol. The highest BCUT2D eigenvalue weighted by Gasteiger charge is 1.95. The van der Waals surface area contributed by atoms with Gasteiger partial charge >= 0.3 is 0 Å². The smallest absolute Gasteiger partial charge is 0.119 e. The number of hydrogen-bond acceptors (Lipinski definition) is 5. The Morgan fingerprint density at radius 1 is 0.833 bits per heavy atom. The van der Waals surface area contributed by atoms with Gasteiger partial charge in [0.25, 0.3) is 0 Å². The fourth-order valence-electron chi connectivity index (χ4n) is 1.28. The van der Waals surface area contributed by atoms with Crippen molar-refractivity contribution in [3.8, 4) is 11.5 Å². The molecule has 0 aliphatic rings. The van der Waals surface area contributed by atoms with E-state index in [1.165, 1.54) is 0 Å². The number of hydrogen-bond donors (Lipinski definition) is 1. The second-order valence-corrected chi connectivity index (χ2v) is 3.47. The van der Waals surface area contributed by atoms with Crippen molar-refractivity contribution in [3.63, 3.8) is 0 Å². The van der Waals surface area contributed by atoms with E-state index in [1.54, 1.807) is 7.11 Å². The molecule has 18 heavy (non-hydrogen) atoms. The van der Waals surface area contributed by atoms with E-state index in [2.05, 4.69) is 0 Å². The van der Waals surface area contributed by atoms with E-state index >= 15 is 0 Å².